The van der Waals surface area contributed by atoms with Crippen LogP contribution in [-0.2, 0) is 6.54 Å². The maximum atomic E-state index is 12.2. The van der Waals surface area contributed by atoms with Crippen molar-refractivity contribution >= 4 is 41.4 Å². The third-order valence-electron chi connectivity index (χ3n) is 4.06. The fraction of sp³-hybridized carbons (Fsp3) is 0.0909. The predicted molar refractivity (Wildman–Crippen MR) is 127 cm³/mol. The van der Waals surface area contributed by atoms with Gasteiger partial charge in [0.2, 0.25) is 0 Å². The van der Waals surface area contributed by atoms with Crippen LogP contribution in [0.5, 0.6) is 5.75 Å². The summed E-state index contributed by atoms with van der Waals surface area (Å²) in [6.07, 6.45) is -0.360. The number of benzene rings is 2. The molecule has 2 aromatic carbocycles. The van der Waals surface area contributed by atoms with Crippen LogP contribution in [0.25, 0.3) is 0 Å². The lowest BCUT2D eigenvalue weighted by atomic mass is 10.1. The molecule has 0 atom stereocenters. The second kappa shape index (κ2) is 11.6. The van der Waals surface area contributed by atoms with Crippen LogP contribution in [0.1, 0.15) is 16.9 Å². The number of hydrogen-bond acceptors (Lipinski definition) is 5. The maximum absolute atomic E-state index is 12.2. The van der Waals surface area contributed by atoms with Crippen LogP contribution in [0.4, 0.5) is 18.9 Å². The molecule has 1 heterocycles. The number of amidine groups is 1. The van der Waals surface area contributed by atoms with Crippen molar-refractivity contribution in [3.05, 3.63) is 83.8 Å². The molecule has 0 aliphatic rings. The Morgan fingerprint density at radius 3 is 2.47 bits per heavy atom. The Morgan fingerprint density at radius 2 is 1.82 bits per heavy atom. The van der Waals surface area contributed by atoms with Crippen LogP contribution >= 0.6 is 12.2 Å². The van der Waals surface area contributed by atoms with Crippen molar-refractivity contribution in [3.8, 4) is 5.75 Å². The van der Waals surface area contributed by atoms with E-state index in [-0.39, 0.29) is 11.6 Å². The number of thiocarbonyl (C=S) groups is 1. The highest BCUT2D eigenvalue weighted by atomic mass is 32.1. The Morgan fingerprint density at radius 1 is 1.09 bits per heavy atom. The normalized spacial score (nSPS) is 12.3. The lowest BCUT2D eigenvalue weighted by Gasteiger charge is -2.08. The van der Waals surface area contributed by atoms with E-state index in [2.05, 4.69) is 30.6 Å². The Hall–Kier alpha value is -4.19. The quantitative estimate of drug-likeness (QED) is 0.189. The first-order chi connectivity index (χ1) is 16.3. The molecular formula is C22H19F3N6O2S. The maximum Gasteiger partial charge on any atom is 0.573 e. The minimum absolute atomic E-state index is 0.214. The molecule has 0 aliphatic carbocycles. The van der Waals surface area contributed by atoms with Crippen LogP contribution in [0, 0.1) is 0 Å². The van der Waals surface area contributed by atoms with Gasteiger partial charge in [-0.15, -0.1) is 13.2 Å². The Bertz CT molecular complexity index is 1160. The van der Waals surface area contributed by atoms with E-state index < -0.39 is 6.36 Å². The summed E-state index contributed by atoms with van der Waals surface area (Å²) in [4.78, 5) is 8.07. The second-order valence-corrected chi connectivity index (χ2v) is 6.96. The van der Waals surface area contributed by atoms with E-state index in [4.69, 9.17) is 22.4 Å². The minimum Gasteiger partial charge on any atom is -0.467 e. The molecule has 3 aromatic rings. The van der Waals surface area contributed by atoms with E-state index in [1.54, 1.807) is 42.8 Å². The standard InChI is InChI=1S/C22H19F3N6O2S/c23-22(24,25)33-18-9-7-17(8-10-18)28-14-29-20(26)16-5-3-15(4-6-16)12-30-31-21(34)27-13-19-2-1-11-32-19/h1-12,14H,13H2,(H2,26,28,29)(H2,27,31,34)/b30-12+. The van der Waals surface area contributed by atoms with Gasteiger partial charge in [-0.3, -0.25) is 5.43 Å². The van der Waals surface area contributed by atoms with Crippen molar-refractivity contribution in [2.45, 2.75) is 12.9 Å². The van der Waals surface area contributed by atoms with Crippen molar-refractivity contribution in [1.82, 2.24) is 10.7 Å². The van der Waals surface area contributed by atoms with Crippen LogP contribution in [0.2, 0.25) is 0 Å². The Labute approximate surface area is 198 Å². The molecule has 0 saturated carbocycles. The van der Waals surface area contributed by atoms with Gasteiger partial charge in [0, 0.05) is 5.56 Å². The summed E-state index contributed by atoms with van der Waals surface area (Å²) in [5.74, 6) is 0.632. The summed E-state index contributed by atoms with van der Waals surface area (Å²) in [5.41, 5.74) is 10.5. The first-order valence-electron chi connectivity index (χ1n) is 9.70. The number of hydrogen-bond donors (Lipinski definition) is 3. The van der Waals surface area contributed by atoms with Gasteiger partial charge in [-0.05, 0) is 54.2 Å². The highest BCUT2D eigenvalue weighted by Gasteiger charge is 2.30. The highest BCUT2D eigenvalue weighted by molar-refractivity contribution is 7.80. The monoisotopic (exact) mass is 488 g/mol. The molecule has 0 unspecified atom stereocenters. The summed E-state index contributed by atoms with van der Waals surface area (Å²) in [7, 11) is 0. The van der Waals surface area contributed by atoms with Crippen LogP contribution in [0.15, 0.2) is 86.4 Å². The summed E-state index contributed by atoms with van der Waals surface area (Å²) < 4.78 is 45.5. The highest BCUT2D eigenvalue weighted by Crippen LogP contribution is 2.24. The van der Waals surface area contributed by atoms with Gasteiger partial charge < -0.3 is 20.2 Å². The van der Waals surface area contributed by atoms with Gasteiger partial charge in [-0.2, -0.15) is 5.10 Å². The van der Waals surface area contributed by atoms with Gasteiger partial charge in [0.15, 0.2) is 5.11 Å². The largest absolute Gasteiger partial charge is 0.573 e. The van der Waals surface area contributed by atoms with E-state index in [1.165, 1.54) is 18.5 Å². The molecule has 0 radical (unpaired) electrons. The number of hydrazone groups is 1. The van der Waals surface area contributed by atoms with E-state index in [1.807, 2.05) is 6.07 Å². The number of furan rings is 1. The fourth-order valence-electron chi connectivity index (χ4n) is 2.49. The number of nitrogens with zero attached hydrogens (tertiary/aromatic N) is 3. The molecular weight excluding hydrogens is 469 g/mol. The summed E-state index contributed by atoms with van der Waals surface area (Å²) >= 11 is 5.13. The average molecular weight is 488 g/mol. The molecule has 8 nitrogen and oxygen atoms in total. The van der Waals surface area contributed by atoms with Crippen molar-refractivity contribution in [2.75, 3.05) is 0 Å². The third-order valence-corrected chi connectivity index (χ3v) is 4.30. The molecule has 12 heteroatoms. The Balaban J connectivity index is 1.48. The molecule has 0 spiro atoms. The van der Waals surface area contributed by atoms with Crippen molar-refractivity contribution in [2.24, 2.45) is 20.8 Å². The predicted octanol–water partition coefficient (Wildman–Crippen LogP) is 4.24. The lowest BCUT2D eigenvalue weighted by molar-refractivity contribution is -0.274. The summed E-state index contributed by atoms with van der Waals surface area (Å²) in [6, 6.07) is 15.8. The molecule has 4 N–H and O–H groups in total. The fourth-order valence-corrected chi connectivity index (χ4v) is 2.62. The molecule has 0 saturated heterocycles. The average Bonchev–Trinajstić information content (AvgIpc) is 3.32. The lowest BCUT2D eigenvalue weighted by Crippen LogP contribution is -2.31. The van der Waals surface area contributed by atoms with Crippen molar-refractivity contribution in [1.29, 1.82) is 0 Å². The molecule has 3 rings (SSSR count). The van der Waals surface area contributed by atoms with E-state index in [0.29, 0.717) is 22.9 Å². The number of nitrogens with one attached hydrogen (secondary N) is 2. The van der Waals surface area contributed by atoms with Crippen molar-refractivity contribution in [3.63, 3.8) is 0 Å². The number of ether oxygens (including phenoxy) is 1. The van der Waals surface area contributed by atoms with Gasteiger partial charge in [-0.1, -0.05) is 24.3 Å². The molecule has 0 amide bonds. The Kier molecular flexibility index (Phi) is 8.35. The topological polar surface area (TPSA) is 110 Å². The van der Waals surface area contributed by atoms with E-state index in [9.17, 15) is 13.2 Å². The zero-order valence-electron chi connectivity index (χ0n) is 17.5. The number of halogens is 3. The molecule has 0 bridgehead atoms. The first kappa shape index (κ1) is 24.5. The molecule has 0 aliphatic heterocycles. The van der Waals surface area contributed by atoms with Crippen LogP contribution in [0.3, 0.4) is 0 Å². The van der Waals surface area contributed by atoms with Gasteiger partial charge in [0.05, 0.1) is 24.7 Å². The number of aliphatic imine (C=N–C) groups is 2. The van der Waals surface area contributed by atoms with Gasteiger partial charge in [-0.25, -0.2) is 9.98 Å². The smallest absolute Gasteiger partial charge is 0.467 e. The summed E-state index contributed by atoms with van der Waals surface area (Å²) in [6.45, 7) is 0.447. The van der Waals surface area contributed by atoms with Crippen LogP contribution < -0.4 is 21.2 Å². The number of alkyl halides is 3. The second-order valence-electron chi connectivity index (χ2n) is 6.55. The zero-order chi connectivity index (χ0) is 24.4. The molecule has 0 fully saturated rings. The number of nitrogens with two attached hydrogens (primary N) is 1. The molecule has 176 valence electrons. The zero-order valence-corrected chi connectivity index (χ0v) is 18.3. The van der Waals surface area contributed by atoms with E-state index in [0.717, 1.165) is 23.5 Å². The third kappa shape index (κ3) is 8.39. The first-order valence-corrected chi connectivity index (χ1v) is 10.1. The van der Waals surface area contributed by atoms with Crippen molar-refractivity contribution < 1.29 is 22.3 Å². The van der Waals surface area contributed by atoms with Crippen LogP contribution in [-0.4, -0.2) is 29.9 Å². The molecule has 34 heavy (non-hydrogen) atoms. The van der Waals surface area contributed by atoms with Gasteiger partial charge in [0.25, 0.3) is 0 Å². The van der Waals surface area contributed by atoms with E-state index >= 15 is 0 Å². The SMILES string of the molecule is NC(=NC=Nc1ccc(OC(F)(F)F)cc1)c1ccc(/C=N/NC(=S)NCc2ccco2)cc1. The minimum atomic E-state index is -4.74. The number of rotatable bonds is 8. The van der Waals surface area contributed by atoms with Gasteiger partial charge in [0.1, 0.15) is 23.7 Å². The van der Waals surface area contributed by atoms with Gasteiger partial charge >= 0.3 is 6.36 Å². The summed E-state index contributed by atoms with van der Waals surface area (Å²) in [5, 5.41) is 7.37. The molecule has 1 aromatic heterocycles.